The SMILES string of the molecule is Fc1ccccc1[P+](c1ccccc1F)(c1ccccc1F)c1ccccc1F. The van der Waals surface area contributed by atoms with E-state index in [2.05, 4.69) is 0 Å². The minimum atomic E-state index is -3.56. The zero-order chi connectivity index (χ0) is 20.4. The summed E-state index contributed by atoms with van der Waals surface area (Å²) in [5, 5.41) is 0.279. The van der Waals surface area contributed by atoms with Gasteiger partial charge in [0.05, 0.1) is 0 Å². The van der Waals surface area contributed by atoms with E-state index >= 15 is 17.6 Å². The lowest BCUT2D eigenvalue weighted by Gasteiger charge is -2.28. The Hall–Kier alpha value is -2.97. The van der Waals surface area contributed by atoms with Gasteiger partial charge in [-0.05, 0) is 48.5 Å². The van der Waals surface area contributed by atoms with Crippen molar-refractivity contribution in [3.63, 3.8) is 0 Å². The third kappa shape index (κ3) is 3.14. The highest BCUT2D eigenvalue weighted by molar-refractivity contribution is 8.01. The molecular formula is C24H16F4P+. The number of hydrogen-bond donors (Lipinski definition) is 0. The van der Waals surface area contributed by atoms with Crippen LogP contribution in [0.2, 0.25) is 0 Å². The minimum Gasteiger partial charge on any atom is -0.203 e. The summed E-state index contributed by atoms with van der Waals surface area (Å²) < 4.78 is 60.8. The van der Waals surface area contributed by atoms with Crippen molar-refractivity contribution in [3.05, 3.63) is 120 Å². The van der Waals surface area contributed by atoms with Gasteiger partial charge in [-0.25, -0.2) is 17.6 Å². The van der Waals surface area contributed by atoms with Crippen molar-refractivity contribution in [2.24, 2.45) is 0 Å². The van der Waals surface area contributed by atoms with E-state index in [4.69, 9.17) is 0 Å². The molecule has 0 aliphatic heterocycles. The molecule has 29 heavy (non-hydrogen) atoms. The van der Waals surface area contributed by atoms with E-state index in [1.165, 1.54) is 72.8 Å². The topological polar surface area (TPSA) is 0 Å². The van der Waals surface area contributed by atoms with Gasteiger partial charge in [0.1, 0.15) is 21.2 Å². The lowest BCUT2D eigenvalue weighted by Crippen LogP contribution is -2.43. The number of rotatable bonds is 4. The van der Waals surface area contributed by atoms with Crippen LogP contribution in [0.15, 0.2) is 97.1 Å². The quantitative estimate of drug-likeness (QED) is 0.332. The molecule has 0 atom stereocenters. The predicted octanol–water partition coefficient (Wildman–Crippen LogP) is 4.86. The van der Waals surface area contributed by atoms with Crippen LogP contribution >= 0.6 is 7.26 Å². The van der Waals surface area contributed by atoms with Crippen molar-refractivity contribution in [1.82, 2.24) is 0 Å². The lowest BCUT2D eigenvalue weighted by molar-refractivity contribution is 0.630. The smallest absolute Gasteiger partial charge is 0.166 e. The number of halogens is 4. The molecule has 0 aliphatic rings. The van der Waals surface area contributed by atoms with Crippen LogP contribution in [0, 0.1) is 23.3 Å². The summed E-state index contributed by atoms with van der Waals surface area (Å²) in [7, 11) is -3.56. The molecule has 0 heterocycles. The molecule has 5 heteroatoms. The molecule has 0 aliphatic carbocycles. The van der Waals surface area contributed by atoms with Crippen molar-refractivity contribution < 1.29 is 17.6 Å². The van der Waals surface area contributed by atoms with Gasteiger partial charge in [0.25, 0.3) is 0 Å². The van der Waals surface area contributed by atoms with Crippen molar-refractivity contribution in [3.8, 4) is 0 Å². The van der Waals surface area contributed by atoms with Crippen LogP contribution in [-0.4, -0.2) is 0 Å². The minimum absolute atomic E-state index is 0.0697. The molecule has 0 radical (unpaired) electrons. The molecule has 0 saturated carbocycles. The van der Waals surface area contributed by atoms with Gasteiger partial charge in [-0.1, -0.05) is 48.5 Å². The molecule has 0 nitrogen and oxygen atoms in total. The summed E-state index contributed by atoms with van der Waals surface area (Å²) in [5.41, 5.74) is 0. The van der Waals surface area contributed by atoms with Crippen LogP contribution in [0.5, 0.6) is 0 Å². The largest absolute Gasteiger partial charge is 0.203 e. The average Bonchev–Trinajstić information content (AvgIpc) is 2.73. The maximum atomic E-state index is 15.2. The first-order valence-corrected chi connectivity index (χ1v) is 10.7. The van der Waals surface area contributed by atoms with E-state index < -0.39 is 30.5 Å². The fourth-order valence-corrected chi connectivity index (χ4v) is 8.05. The normalized spacial score (nSPS) is 11.4. The zero-order valence-electron chi connectivity index (χ0n) is 15.2. The third-order valence-electron chi connectivity index (χ3n) is 4.86. The molecule has 4 aromatic rings. The first-order valence-electron chi connectivity index (χ1n) is 8.96. The maximum Gasteiger partial charge on any atom is 0.166 e. The second-order valence-electron chi connectivity index (χ2n) is 6.48. The van der Waals surface area contributed by atoms with Crippen LogP contribution in [0.25, 0.3) is 0 Å². The van der Waals surface area contributed by atoms with E-state index in [0.717, 1.165) is 0 Å². The standard InChI is InChI=1S/C24H16F4P/c25-17-9-1-5-13-21(17)29(22-14-6-2-10-18(22)26,23-15-7-3-11-19(23)27)24-16-8-4-12-20(24)28/h1-16H/q+1. The average molecular weight is 411 g/mol. The lowest BCUT2D eigenvalue weighted by atomic mass is 10.3. The van der Waals surface area contributed by atoms with Gasteiger partial charge < -0.3 is 0 Å². The van der Waals surface area contributed by atoms with E-state index in [1.807, 2.05) is 0 Å². The fraction of sp³-hybridized carbons (Fsp3) is 0. The molecule has 4 rings (SSSR count). The van der Waals surface area contributed by atoms with Crippen molar-refractivity contribution in [2.75, 3.05) is 0 Å². The molecule has 0 saturated heterocycles. The Morgan fingerprint density at radius 2 is 0.552 bits per heavy atom. The highest BCUT2D eigenvalue weighted by atomic mass is 31.2. The van der Waals surface area contributed by atoms with Crippen LogP contribution in [0.3, 0.4) is 0 Å². The second kappa shape index (κ2) is 7.81. The van der Waals surface area contributed by atoms with Crippen molar-refractivity contribution in [1.29, 1.82) is 0 Å². The summed E-state index contributed by atoms with van der Waals surface area (Å²) in [6.45, 7) is 0. The van der Waals surface area contributed by atoms with Crippen LogP contribution < -0.4 is 21.2 Å². The van der Waals surface area contributed by atoms with E-state index in [1.54, 1.807) is 24.3 Å². The van der Waals surface area contributed by atoms with Crippen LogP contribution in [0.4, 0.5) is 17.6 Å². The van der Waals surface area contributed by atoms with E-state index in [0.29, 0.717) is 0 Å². The molecule has 144 valence electrons. The summed E-state index contributed by atoms with van der Waals surface area (Å²) in [6, 6.07) is 23.2. The molecule has 0 bridgehead atoms. The molecule has 0 spiro atoms. The summed E-state index contributed by atoms with van der Waals surface area (Å²) >= 11 is 0. The Kier molecular flexibility index (Phi) is 5.21. The molecule has 4 aromatic carbocycles. The van der Waals surface area contributed by atoms with E-state index in [9.17, 15) is 0 Å². The van der Waals surface area contributed by atoms with Gasteiger partial charge in [-0.3, -0.25) is 0 Å². The number of hydrogen-bond acceptors (Lipinski definition) is 0. The Balaban J connectivity index is 2.28. The zero-order valence-corrected chi connectivity index (χ0v) is 16.1. The summed E-state index contributed by atoms with van der Waals surface area (Å²) in [5.74, 6) is -2.57. The van der Waals surface area contributed by atoms with Crippen molar-refractivity contribution in [2.45, 2.75) is 0 Å². The Labute approximate surface area is 166 Å². The van der Waals surface area contributed by atoms with Crippen molar-refractivity contribution >= 4 is 28.5 Å². The van der Waals surface area contributed by atoms with Gasteiger partial charge in [-0.15, -0.1) is 0 Å². The summed E-state index contributed by atoms with van der Waals surface area (Å²) in [4.78, 5) is 0. The first kappa shape index (κ1) is 19.4. The molecule has 0 amide bonds. The Morgan fingerprint density at radius 3 is 0.759 bits per heavy atom. The number of benzene rings is 4. The van der Waals surface area contributed by atoms with E-state index in [-0.39, 0.29) is 21.2 Å². The second-order valence-corrected chi connectivity index (χ2v) is 9.75. The van der Waals surface area contributed by atoms with Gasteiger partial charge in [0.15, 0.2) is 30.5 Å². The Morgan fingerprint density at radius 1 is 0.345 bits per heavy atom. The first-order chi connectivity index (χ1) is 14.1. The highest BCUT2D eigenvalue weighted by Gasteiger charge is 2.54. The molecule has 0 aromatic heterocycles. The predicted molar refractivity (Wildman–Crippen MR) is 111 cm³/mol. The molecule has 0 N–H and O–H groups in total. The molecular weight excluding hydrogens is 395 g/mol. The van der Waals surface area contributed by atoms with Crippen LogP contribution in [-0.2, 0) is 0 Å². The van der Waals surface area contributed by atoms with Gasteiger partial charge >= 0.3 is 0 Å². The molecule has 0 fully saturated rings. The fourth-order valence-electron chi connectivity index (χ4n) is 3.67. The van der Waals surface area contributed by atoms with Gasteiger partial charge in [-0.2, -0.15) is 0 Å². The third-order valence-corrected chi connectivity index (χ3v) is 9.20. The highest BCUT2D eigenvalue weighted by Crippen LogP contribution is 2.56. The summed E-state index contributed by atoms with van der Waals surface area (Å²) in [6.07, 6.45) is 0. The maximum absolute atomic E-state index is 15.2. The Bertz CT molecular complexity index is 985. The van der Waals surface area contributed by atoms with Gasteiger partial charge in [0, 0.05) is 0 Å². The van der Waals surface area contributed by atoms with Gasteiger partial charge in [0.2, 0.25) is 0 Å². The molecule has 0 unspecified atom stereocenters. The van der Waals surface area contributed by atoms with Crippen LogP contribution in [0.1, 0.15) is 0 Å². The monoisotopic (exact) mass is 411 g/mol.